The standard InChI is InChI=1S/C114H92N2O2S18/c1-7-9-11-13-15-17-47-115-79-37-35-67(97-59-73(85-39-41-87(127-85)99-61-69(81-27-19-49-119-81)107(133-99)91-31-23-53-123-91)111(131-97)95-45-43-89(129-95)101-63-71(83-29-21-51-121-83)109(135-101)93-33-25-55-125-93)57-77(79)113(3,4)103(115)65-75-105(117)76(106(75)118)66-104-114(5,6)78-58-68(36-38-80(78)116(104)48-18-16-14-12-10-8-2)98-60-74(86-40-42-88(128-86)100-62-70(82-28-20-50-120-82)108(134-100)92-32-24-54-124-92)112(132-98)96-46-44-90(130-96)102-64-72(84-30-22-52-122-84)110(136-102)94-34-26-56-126-94/h19-46,49-66H,7-18,47-48H2,1-6H3. The van der Waals surface area contributed by atoms with Crippen molar-refractivity contribution < 1.29 is 14.5 Å². The number of thiophene rings is 18. The second-order valence-corrected chi connectivity index (χ2v) is 53.9. The van der Waals surface area contributed by atoms with E-state index in [4.69, 9.17) is 0 Å². The van der Waals surface area contributed by atoms with E-state index in [1.54, 1.807) is 0 Å². The number of hydrogen-bond acceptors (Lipinski definition) is 21. The van der Waals surface area contributed by atoms with E-state index in [9.17, 15) is 0 Å². The summed E-state index contributed by atoms with van der Waals surface area (Å²) in [7, 11) is 0. The summed E-state index contributed by atoms with van der Waals surface area (Å²) in [5, 5.41) is 33.1. The van der Waals surface area contributed by atoms with Crippen LogP contribution >= 0.6 is 204 Å². The van der Waals surface area contributed by atoms with Crippen molar-refractivity contribution in [2.24, 2.45) is 0 Å². The molecule has 0 saturated carbocycles. The molecule has 0 unspecified atom stereocenters. The molecule has 0 amide bonds. The van der Waals surface area contributed by atoms with Gasteiger partial charge in [0.05, 0.1) is 34.7 Å². The minimum absolute atomic E-state index is 0.173. The van der Waals surface area contributed by atoms with Crippen molar-refractivity contribution in [3.05, 3.63) is 307 Å². The van der Waals surface area contributed by atoms with Gasteiger partial charge in [0.15, 0.2) is 11.5 Å². The van der Waals surface area contributed by atoms with Crippen LogP contribution in [0, 0.1) is 0 Å². The van der Waals surface area contributed by atoms with Gasteiger partial charge >= 0.3 is 0 Å². The lowest BCUT2D eigenvalue weighted by molar-refractivity contribution is -0.438. The Morgan fingerprint density at radius 1 is 0.309 bits per heavy atom. The SMILES string of the molecule is CCCCCCCCN1/C(=C/C2=C([O-])C(=C\C3=[N+](CCCCCCCC)c4ccc(-c5cc(-c6ccc(-c7cc(-c8cccs8)c(-c8cccs8)s7)s6)c(-c6ccc(-c7cc(-c8cccs8)c(-c8cccs8)s7)s6)s5)cc4C3(C)C)/C2=O)C(C)(C)c2cc(-c3cc(-c4ccc(-c5cc(-c6cccs6)c(-c6cccs6)s5)s4)c(-c4ccc(-c5cc(-c6cccs6)c(-c6cccs6)s5)s4)s3)ccc21. The molecule has 136 heavy (non-hydrogen) atoms. The molecule has 0 N–H and O–H groups in total. The van der Waals surface area contributed by atoms with E-state index < -0.39 is 10.8 Å². The smallest absolute Gasteiger partial charge is 0.209 e. The summed E-state index contributed by atoms with van der Waals surface area (Å²) in [6.45, 7) is 15.4. The summed E-state index contributed by atoms with van der Waals surface area (Å²) in [6, 6.07) is 83.1. The molecule has 678 valence electrons. The third-order valence-corrected chi connectivity index (χ3v) is 46.5. The van der Waals surface area contributed by atoms with Crippen LogP contribution in [0.4, 0.5) is 11.4 Å². The van der Waals surface area contributed by atoms with Crippen LogP contribution in [0.15, 0.2) is 296 Å². The number of allylic oxidation sites excluding steroid dienone is 5. The zero-order valence-corrected chi connectivity index (χ0v) is 90.2. The molecule has 0 radical (unpaired) electrons. The van der Waals surface area contributed by atoms with Crippen molar-refractivity contribution in [2.75, 3.05) is 18.0 Å². The van der Waals surface area contributed by atoms with Gasteiger partial charge in [-0.2, -0.15) is 4.58 Å². The monoisotopic (exact) mass is 2100 g/mol. The predicted octanol–water partition coefficient (Wildman–Crippen LogP) is 40.7. The summed E-state index contributed by atoms with van der Waals surface area (Å²) in [6.07, 6.45) is 17.9. The van der Waals surface area contributed by atoms with Gasteiger partial charge in [0.2, 0.25) is 5.69 Å². The summed E-state index contributed by atoms with van der Waals surface area (Å²) in [4.78, 5) is 53.9. The molecule has 2 aliphatic heterocycles. The van der Waals surface area contributed by atoms with E-state index in [0.29, 0.717) is 0 Å². The molecule has 4 nitrogen and oxygen atoms in total. The van der Waals surface area contributed by atoms with Gasteiger partial charge in [-0.15, -0.1) is 204 Å². The fourth-order valence-corrected chi connectivity index (χ4v) is 37.7. The Morgan fingerprint density at radius 3 is 1.04 bits per heavy atom. The molecule has 0 bridgehead atoms. The summed E-state index contributed by atoms with van der Waals surface area (Å²) < 4.78 is 2.47. The number of benzene rings is 2. The molecule has 20 heterocycles. The van der Waals surface area contributed by atoms with Crippen LogP contribution in [0.2, 0.25) is 0 Å². The first-order chi connectivity index (χ1) is 66.6. The van der Waals surface area contributed by atoms with Crippen LogP contribution in [0.3, 0.4) is 0 Å². The number of unbranched alkanes of at least 4 members (excludes halogenated alkanes) is 10. The van der Waals surface area contributed by atoms with Gasteiger partial charge < -0.3 is 10.0 Å². The molecular formula is C114H92N2O2S18. The van der Waals surface area contributed by atoms with Gasteiger partial charge in [-0.05, 0) is 250 Å². The fraction of sp³-hybridized carbons (Fsp3) is 0.193. The largest absolute Gasteiger partial charge is 0.871 e. The highest BCUT2D eigenvalue weighted by atomic mass is 32.2. The zero-order valence-electron chi connectivity index (χ0n) is 75.5. The minimum atomic E-state index is -0.565. The Bertz CT molecular complexity index is 7290. The lowest BCUT2D eigenvalue weighted by Gasteiger charge is -2.33. The highest BCUT2D eigenvalue weighted by Gasteiger charge is 2.47. The van der Waals surface area contributed by atoms with Gasteiger partial charge in [0.1, 0.15) is 6.54 Å². The number of carbonyl (C=O) groups excluding carboxylic acids is 1. The normalized spacial score (nSPS) is 14.6. The van der Waals surface area contributed by atoms with Gasteiger partial charge in [-0.25, -0.2) is 0 Å². The van der Waals surface area contributed by atoms with E-state index in [1.165, 1.54) is 232 Å². The zero-order chi connectivity index (χ0) is 91.9. The number of nitrogens with zero attached hydrogens (tertiary/aromatic N) is 2. The Morgan fingerprint density at radius 2 is 0.640 bits per heavy atom. The second-order valence-electron chi connectivity index (χ2n) is 35.7. The van der Waals surface area contributed by atoms with Gasteiger partial charge in [-0.3, -0.25) is 4.79 Å². The molecular weight excluding hydrogens is 2010 g/mol. The Hall–Kier alpha value is -8.80. The lowest BCUT2D eigenvalue weighted by atomic mass is 9.77. The van der Waals surface area contributed by atoms with Crippen LogP contribution in [0.5, 0.6) is 0 Å². The number of hydrogen-bond donors (Lipinski definition) is 0. The van der Waals surface area contributed by atoms with Crippen molar-refractivity contribution >= 4 is 227 Å². The lowest BCUT2D eigenvalue weighted by Crippen LogP contribution is -2.35. The first-order valence-corrected chi connectivity index (χ1v) is 61.5. The fourth-order valence-electron chi connectivity index (χ4n) is 19.2. The average molecular weight is 2100 g/mol. The predicted molar refractivity (Wildman–Crippen MR) is 611 cm³/mol. The Labute approximate surface area is 867 Å². The topological polar surface area (TPSA) is 46.4 Å². The minimum Gasteiger partial charge on any atom is -0.871 e. The van der Waals surface area contributed by atoms with Crippen molar-refractivity contribution in [1.29, 1.82) is 0 Å². The molecule has 0 atom stereocenters. The highest BCUT2D eigenvalue weighted by molar-refractivity contribution is 7.33. The van der Waals surface area contributed by atoms with Gasteiger partial charge in [0, 0.05) is 199 Å². The van der Waals surface area contributed by atoms with Crippen LogP contribution in [-0.4, -0.2) is 29.2 Å². The van der Waals surface area contributed by atoms with Crippen molar-refractivity contribution in [3.63, 3.8) is 0 Å². The Balaban J connectivity index is 0.589. The van der Waals surface area contributed by atoms with Crippen LogP contribution in [0.25, 0.3) is 181 Å². The maximum atomic E-state index is 15.6. The van der Waals surface area contributed by atoms with Gasteiger partial charge in [-0.1, -0.05) is 146 Å². The van der Waals surface area contributed by atoms with Crippen molar-refractivity contribution in [3.8, 4) is 181 Å². The first-order valence-electron chi connectivity index (χ1n) is 46.3. The molecule has 0 fully saturated rings. The molecule has 0 spiro atoms. The molecule has 3 aliphatic rings. The maximum Gasteiger partial charge on any atom is 0.209 e. The molecule has 20 aromatic rings. The molecule has 1 aliphatic carbocycles. The van der Waals surface area contributed by atoms with Crippen molar-refractivity contribution in [1.82, 2.24) is 0 Å². The molecule has 0 saturated heterocycles. The summed E-state index contributed by atoms with van der Waals surface area (Å²) in [5.41, 5.74) is 16.2. The highest BCUT2D eigenvalue weighted by Crippen LogP contribution is 2.60. The number of rotatable bonds is 34. The van der Waals surface area contributed by atoms with E-state index in [1.807, 2.05) is 216 Å². The van der Waals surface area contributed by atoms with E-state index in [0.717, 1.165) is 72.7 Å². The van der Waals surface area contributed by atoms with Crippen LogP contribution in [-0.2, 0) is 15.6 Å². The third kappa shape index (κ3) is 17.4. The average Bonchev–Trinajstić information content (AvgIpc) is 1.55. The molecule has 22 heteroatoms. The maximum absolute atomic E-state index is 15.6. The quantitative estimate of drug-likeness (QED) is 0.0229. The number of Topliss-reactive ketones (excluding diaryl/α,β-unsaturated/α-hetero) is 1. The molecule has 18 aromatic heterocycles. The summed E-state index contributed by atoms with van der Waals surface area (Å²) in [5.74, 6) is -0.346. The number of fused-ring (bicyclic) bond motifs is 2. The first kappa shape index (κ1) is 91.0. The molecule has 2 aromatic carbocycles. The van der Waals surface area contributed by atoms with E-state index >= 15 is 9.90 Å². The van der Waals surface area contributed by atoms with E-state index in [2.05, 4.69) is 312 Å². The van der Waals surface area contributed by atoms with Crippen molar-refractivity contribution in [2.45, 2.75) is 129 Å². The van der Waals surface area contributed by atoms with Crippen LogP contribution in [0.1, 0.15) is 130 Å². The second kappa shape index (κ2) is 39.0. The van der Waals surface area contributed by atoms with Crippen LogP contribution < -0.4 is 10.0 Å². The third-order valence-electron chi connectivity index (χ3n) is 26.3. The summed E-state index contributed by atoms with van der Waals surface area (Å²) >= 11 is 33.4. The Kier molecular flexibility index (Phi) is 26.1. The number of carbonyl (C=O) groups is 1. The molecule has 23 rings (SSSR count). The number of ketones is 1. The van der Waals surface area contributed by atoms with E-state index in [-0.39, 0.29) is 22.7 Å². The van der Waals surface area contributed by atoms with Gasteiger partial charge in [0.25, 0.3) is 0 Å². The number of anilines is 1.